The fourth-order valence-corrected chi connectivity index (χ4v) is 3.12. The number of rotatable bonds is 2. The van der Waals surface area contributed by atoms with E-state index in [9.17, 15) is 9.90 Å². The van der Waals surface area contributed by atoms with Gasteiger partial charge in [-0.15, -0.1) is 0 Å². The van der Waals surface area contributed by atoms with Gasteiger partial charge in [0.25, 0.3) is 0 Å². The van der Waals surface area contributed by atoms with Crippen LogP contribution in [0.2, 0.25) is 0 Å². The molecule has 22 heavy (non-hydrogen) atoms. The van der Waals surface area contributed by atoms with Crippen molar-refractivity contribution >= 4 is 16.9 Å². The molecule has 1 atom stereocenters. The van der Waals surface area contributed by atoms with Crippen LogP contribution in [0.4, 0.5) is 0 Å². The van der Waals surface area contributed by atoms with Crippen molar-refractivity contribution in [3.63, 3.8) is 0 Å². The number of hydrogen-bond acceptors (Lipinski definition) is 3. The fourth-order valence-electron chi connectivity index (χ4n) is 3.12. The Morgan fingerprint density at radius 1 is 1.41 bits per heavy atom. The highest BCUT2D eigenvalue weighted by atomic mass is 16.4. The Morgan fingerprint density at radius 3 is 3.09 bits per heavy atom. The predicted octanol–water partition coefficient (Wildman–Crippen LogP) is 2.14. The van der Waals surface area contributed by atoms with Crippen LogP contribution < -0.4 is 5.32 Å². The third kappa shape index (κ3) is 1.84. The molecule has 0 saturated carbocycles. The zero-order valence-corrected chi connectivity index (χ0v) is 12.1. The molecular weight excluding hydrogens is 280 g/mol. The van der Waals surface area contributed by atoms with E-state index in [0.717, 1.165) is 34.4 Å². The van der Waals surface area contributed by atoms with E-state index >= 15 is 0 Å². The summed E-state index contributed by atoms with van der Waals surface area (Å²) in [7, 11) is 0. The number of carboxylic acids is 1. The first-order valence-corrected chi connectivity index (χ1v) is 7.27. The molecule has 1 aliphatic rings. The summed E-state index contributed by atoms with van der Waals surface area (Å²) in [5, 5.41) is 13.4. The van der Waals surface area contributed by atoms with Gasteiger partial charge in [-0.1, -0.05) is 18.2 Å². The van der Waals surface area contributed by atoms with E-state index in [2.05, 4.69) is 33.3 Å². The van der Waals surface area contributed by atoms with Crippen LogP contribution in [0.25, 0.3) is 22.3 Å². The molecule has 0 bridgehead atoms. The highest BCUT2D eigenvalue weighted by molar-refractivity contribution is 5.95. The number of imidazole rings is 1. The number of aromatic amines is 2. The van der Waals surface area contributed by atoms with E-state index < -0.39 is 12.0 Å². The Kier molecular flexibility index (Phi) is 2.80. The minimum Gasteiger partial charge on any atom is -0.480 e. The second kappa shape index (κ2) is 4.71. The maximum absolute atomic E-state index is 11.3. The highest BCUT2D eigenvalue weighted by Crippen LogP contribution is 2.31. The summed E-state index contributed by atoms with van der Waals surface area (Å²) in [4.78, 5) is 22.5. The molecule has 0 spiro atoms. The molecule has 0 aliphatic carbocycles. The number of nitrogens with zero attached hydrogens (tertiary/aromatic N) is 1. The monoisotopic (exact) mass is 296 g/mol. The maximum atomic E-state index is 11.3. The average molecular weight is 296 g/mol. The lowest BCUT2D eigenvalue weighted by molar-refractivity contribution is -0.139. The zero-order chi connectivity index (χ0) is 15.3. The molecule has 0 fully saturated rings. The van der Waals surface area contributed by atoms with E-state index in [4.69, 9.17) is 0 Å². The normalized spacial score (nSPS) is 17.6. The van der Waals surface area contributed by atoms with Crippen molar-refractivity contribution in [2.24, 2.45) is 0 Å². The van der Waals surface area contributed by atoms with Gasteiger partial charge in [0.2, 0.25) is 0 Å². The first-order chi connectivity index (χ1) is 10.6. The van der Waals surface area contributed by atoms with Crippen molar-refractivity contribution in [3.8, 4) is 11.4 Å². The standard InChI is InChI=1S/C16H16N4O2/c1-8-3-2-4-9-10(7-18-12(8)9)15-19-11-5-6-17-14(16(21)22)13(11)20-15/h2-4,7,14,17-18H,5-6H2,1H3,(H,19,20)(H,21,22)/t14-/m1/s1. The van der Waals surface area contributed by atoms with Crippen molar-refractivity contribution in [1.29, 1.82) is 0 Å². The van der Waals surface area contributed by atoms with Crippen LogP contribution >= 0.6 is 0 Å². The molecule has 3 heterocycles. The summed E-state index contributed by atoms with van der Waals surface area (Å²) in [6.45, 7) is 2.69. The van der Waals surface area contributed by atoms with E-state index in [1.165, 1.54) is 5.56 Å². The number of nitrogens with one attached hydrogen (secondary N) is 3. The van der Waals surface area contributed by atoms with E-state index in [0.29, 0.717) is 12.2 Å². The van der Waals surface area contributed by atoms with Crippen molar-refractivity contribution in [2.75, 3.05) is 6.54 Å². The molecule has 6 heteroatoms. The third-order valence-electron chi connectivity index (χ3n) is 4.23. The maximum Gasteiger partial charge on any atom is 0.327 e. The van der Waals surface area contributed by atoms with Gasteiger partial charge in [-0.05, 0) is 12.5 Å². The molecule has 112 valence electrons. The van der Waals surface area contributed by atoms with E-state index in [-0.39, 0.29) is 0 Å². The fraction of sp³-hybridized carbons (Fsp3) is 0.250. The predicted molar refractivity (Wildman–Crippen MR) is 82.7 cm³/mol. The van der Waals surface area contributed by atoms with Crippen molar-refractivity contribution in [1.82, 2.24) is 20.3 Å². The Hall–Kier alpha value is -2.60. The number of aromatic nitrogens is 3. The minimum absolute atomic E-state index is 0.593. The number of benzene rings is 1. The number of hydrogen-bond donors (Lipinski definition) is 4. The number of H-pyrrole nitrogens is 2. The Balaban J connectivity index is 1.87. The minimum atomic E-state index is -0.895. The van der Waals surface area contributed by atoms with Crippen LogP contribution in [-0.4, -0.2) is 32.6 Å². The van der Waals surface area contributed by atoms with Crippen molar-refractivity contribution in [3.05, 3.63) is 41.3 Å². The van der Waals surface area contributed by atoms with Gasteiger partial charge in [-0.3, -0.25) is 10.1 Å². The molecule has 2 aromatic heterocycles. The van der Waals surface area contributed by atoms with Gasteiger partial charge in [-0.2, -0.15) is 0 Å². The van der Waals surface area contributed by atoms with Crippen LogP contribution in [0.3, 0.4) is 0 Å². The molecule has 1 aliphatic heterocycles. The van der Waals surface area contributed by atoms with Gasteiger partial charge in [-0.25, -0.2) is 4.98 Å². The first kappa shape index (κ1) is 13.1. The van der Waals surface area contributed by atoms with Crippen LogP contribution in [0, 0.1) is 6.92 Å². The molecule has 4 rings (SSSR count). The molecule has 4 N–H and O–H groups in total. The number of para-hydroxylation sites is 1. The molecule has 1 aromatic carbocycles. The number of aliphatic carboxylic acids is 1. The molecule has 0 amide bonds. The van der Waals surface area contributed by atoms with Crippen LogP contribution in [0.5, 0.6) is 0 Å². The van der Waals surface area contributed by atoms with Gasteiger partial charge in [0.1, 0.15) is 5.82 Å². The molecule has 0 saturated heterocycles. The van der Waals surface area contributed by atoms with Crippen LogP contribution in [0.1, 0.15) is 23.0 Å². The Labute approximate surface area is 126 Å². The van der Waals surface area contributed by atoms with Gasteiger partial charge in [0, 0.05) is 41.3 Å². The average Bonchev–Trinajstić information content (AvgIpc) is 3.10. The summed E-state index contributed by atoms with van der Waals surface area (Å²) in [6, 6.07) is 5.38. The SMILES string of the molecule is Cc1cccc2c(-c3nc4c([nH]3)CCN[C@H]4C(=O)O)c[nH]c12. The van der Waals surface area contributed by atoms with E-state index in [1.54, 1.807) is 0 Å². The van der Waals surface area contributed by atoms with E-state index in [1.807, 2.05) is 18.3 Å². The summed E-state index contributed by atoms with van der Waals surface area (Å²) in [6.07, 6.45) is 2.68. The smallest absolute Gasteiger partial charge is 0.327 e. The summed E-state index contributed by atoms with van der Waals surface area (Å²) in [5.41, 5.74) is 4.72. The Bertz CT molecular complexity index is 878. The zero-order valence-electron chi connectivity index (χ0n) is 12.1. The topological polar surface area (TPSA) is 93.8 Å². The molecule has 0 unspecified atom stereocenters. The quantitative estimate of drug-likeness (QED) is 0.583. The van der Waals surface area contributed by atoms with Gasteiger partial charge < -0.3 is 15.1 Å². The van der Waals surface area contributed by atoms with Crippen LogP contribution in [0.15, 0.2) is 24.4 Å². The highest BCUT2D eigenvalue weighted by Gasteiger charge is 2.29. The second-order valence-corrected chi connectivity index (χ2v) is 5.62. The molecule has 6 nitrogen and oxygen atoms in total. The van der Waals surface area contributed by atoms with Gasteiger partial charge in [0.15, 0.2) is 6.04 Å². The van der Waals surface area contributed by atoms with Crippen molar-refractivity contribution < 1.29 is 9.90 Å². The number of carboxylic acid groups (broad SMARTS) is 1. The van der Waals surface area contributed by atoms with Gasteiger partial charge in [0.05, 0.1) is 5.69 Å². The van der Waals surface area contributed by atoms with Gasteiger partial charge >= 0.3 is 5.97 Å². The van der Waals surface area contributed by atoms with Crippen LogP contribution in [-0.2, 0) is 11.2 Å². The number of carbonyl (C=O) groups is 1. The number of fused-ring (bicyclic) bond motifs is 2. The Morgan fingerprint density at radius 2 is 2.27 bits per heavy atom. The molecule has 0 radical (unpaired) electrons. The second-order valence-electron chi connectivity index (χ2n) is 5.62. The summed E-state index contributed by atoms with van der Waals surface area (Å²) >= 11 is 0. The lowest BCUT2D eigenvalue weighted by Gasteiger charge is -2.18. The lowest BCUT2D eigenvalue weighted by atomic mass is 10.1. The summed E-state index contributed by atoms with van der Waals surface area (Å²) in [5.74, 6) is -0.175. The first-order valence-electron chi connectivity index (χ1n) is 7.27. The molecule has 3 aromatic rings. The van der Waals surface area contributed by atoms with Crippen molar-refractivity contribution in [2.45, 2.75) is 19.4 Å². The number of aryl methyl sites for hydroxylation is 1. The summed E-state index contributed by atoms with van der Waals surface area (Å²) < 4.78 is 0. The lowest BCUT2D eigenvalue weighted by Crippen LogP contribution is -2.35. The molecular formula is C16H16N4O2. The third-order valence-corrected chi connectivity index (χ3v) is 4.23. The largest absolute Gasteiger partial charge is 0.480 e.